The van der Waals surface area contributed by atoms with Gasteiger partial charge in [0.05, 0.1) is 6.54 Å². The van der Waals surface area contributed by atoms with E-state index >= 15 is 0 Å². The molecule has 0 unspecified atom stereocenters. The summed E-state index contributed by atoms with van der Waals surface area (Å²) in [5.74, 6) is -0.288. The van der Waals surface area contributed by atoms with E-state index in [0.29, 0.717) is 11.6 Å². The van der Waals surface area contributed by atoms with Crippen LogP contribution < -0.4 is 5.69 Å². The van der Waals surface area contributed by atoms with Crippen LogP contribution in [0.3, 0.4) is 0 Å². The summed E-state index contributed by atoms with van der Waals surface area (Å²) in [5, 5.41) is 0. The average molecular weight is 311 g/mol. The molecule has 1 fully saturated rings. The van der Waals surface area contributed by atoms with Gasteiger partial charge < -0.3 is 0 Å². The number of hydrogen-bond acceptors (Lipinski definition) is 1. The predicted octanol–water partition coefficient (Wildman–Crippen LogP) is 2.93. The van der Waals surface area contributed by atoms with Crippen molar-refractivity contribution in [1.29, 1.82) is 0 Å². The van der Waals surface area contributed by atoms with Gasteiger partial charge in [0.15, 0.2) is 0 Å². The Hall–Kier alpha value is -1.36. The molecule has 0 saturated heterocycles. The van der Waals surface area contributed by atoms with Gasteiger partial charge in [-0.2, -0.15) is 0 Å². The Balaban J connectivity index is 1.92. The molecule has 1 aromatic carbocycles. The molecule has 0 amide bonds. The van der Waals surface area contributed by atoms with Gasteiger partial charge in [-0.1, -0.05) is 15.9 Å². The van der Waals surface area contributed by atoms with E-state index in [1.807, 2.05) is 0 Å². The maximum Gasteiger partial charge on any atom is 0.328 e. The van der Waals surface area contributed by atoms with Gasteiger partial charge in [-0.05, 0) is 31.0 Å². The van der Waals surface area contributed by atoms with Crippen LogP contribution in [0.25, 0.3) is 0 Å². The Labute approximate surface area is 112 Å². The van der Waals surface area contributed by atoms with Crippen LogP contribution in [-0.2, 0) is 6.54 Å². The fourth-order valence-electron chi connectivity index (χ4n) is 2.03. The molecular weight excluding hydrogens is 299 g/mol. The molecule has 3 rings (SSSR count). The highest BCUT2D eigenvalue weighted by Crippen LogP contribution is 2.33. The molecule has 0 radical (unpaired) electrons. The summed E-state index contributed by atoms with van der Waals surface area (Å²) in [5.41, 5.74) is 0.455. The highest BCUT2D eigenvalue weighted by molar-refractivity contribution is 9.10. The molecule has 1 aliphatic rings. The van der Waals surface area contributed by atoms with Crippen molar-refractivity contribution in [3.63, 3.8) is 0 Å². The van der Waals surface area contributed by atoms with Gasteiger partial charge in [0.1, 0.15) is 5.82 Å². The van der Waals surface area contributed by atoms with E-state index in [-0.39, 0.29) is 18.1 Å². The van der Waals surface area contributed by atoms with Crippen molar-refractivity contribution in [2.45, 2.75) is 25.4 Å². The third-order valence-corrected chi connectivity index (χ3v) is 3.66. The normalized spacial score (nSPS) is 15.0. The summed E-state index contributed by atoms with van der Waals surface area (Å²) in [6.45, 7) is 0.268. The molecule has 3 nitrogen and oxygen atoms in total. The number of aromatic nitrogens is 2. The Morgan fingerprint density at radius 3 is 2.83 bits per heavy atom. The van der Waals surface area contributed by atoms with Crippen molar-refractivity contribution >= 4 is 15.9 Å². The fourth-order valence-corrected chi connectivity index (χ4v) is 2.44. The van der Waals surface area contributed by atoms with Gasteiger partial charge in [0, 0.05) is 28.5 Å². The summed E-state index contributed by atoms with van der Waals surface area (Å²) in [6, 6.07) is 5.11. The summed E-state index contributed by atoms with van der Waals surface area (Å²) >= 11 is 3.31. The van der Waals surface area contributed by atoms with E-state index in [0.717, 1.165) is 17.3 Å². The standard InChI is InChI=1S/C13H12BrFN2O/c14-10-1-4-12(15)9(7-10)8-16-5-6-17(13(16)18)11-2-3-11/h1,4-7,11H,2-3,8H2. The third-order valence-electron chi connectivity index (χ3n) is 3.16. The quantitative estimate of drug-likeness (QED) is 0.856. The van der Waals surface area contributed by atoms with Gasteiger partial charge >= 0.3 is 5.69 Å². The van der Waals surface area contributed by atoms with Crippen LogP contribution in [-0.4, -0.2) is 9.13 Å². The van der Waals surface area contributed by atoms with Crippen molar-refractivity contribution in [2.24, 2.45) is 0 Å². The molecule has 5 heteroatoms. The van der Waals surface area contributed by atoms with Crippen molar-refractivity contribution in [3.8, 4) is 0 Å². The van der Waals surface area contributed by atoms with Gasteiger partial charge in [0.25, 0.3) is 0 Å². The molecule has 0 bridgehead atoms. The Morgan fingerprint density at radius 1 is 1.33 bits per heavy atom. The number of hydrogen-bond donors (Lipinski definition) is 0. The molecule has 0 atom stereocenters. The topological polar surface area (TPSA) is 26.9 Å². The molecule has 1 heterocycles. The van der Waals surface area contributed by atoms with Crippen molar-refractivity contribution in [1.82, 2.24) is 9.13 Å². The van der Waals surface area contributed by atoms with E-state index in [9.17, 15) is 9.18 Å². The molecule has 2 aromatic rings. The maximum absolute atomic E-state index is 13.6. The number of imidazole rings is 1. The van der Waals surface area contributed by atoms with Crippen molar-refractivity contribution in [2.75, 3.05) is 0 Å². The highest BCUT2D eigenvalue weighted by atomic mass is 79.9. The Kier molecular flexibility index (Phi) is 2.86. The molecule has 0 spiro atoms. The lowest BCUT2D eigenvalue weighted by molar-refractivity contribution is 0.589. The lowest BCUT2D eigenvalue weighted by Gasteiger charge is -2.04. The molecular formula is C13H12BrFN2O. The first-order chi connectivity index (χ1) is 8.65. The highest BCUT2D eigenvalue weighted by Gasteiger charge is 2.25. The van der Waals surface area contributed by atoms with Crippen LogP contribution in [0.2, 0.25) is 0 Å². The number of nitrogens with zero attached hydrogens (tertiary/aromatic N) is 2. The van der Waals surface area contributed by atoms with Crippen molar-refractivity contribution < 1.29 is 4.39 Å². The van der Waals surface area contributed by atoms with Crippen LogP contribution in [0.15, 0.2) is 39.9 Å². The zero-order valence-electron chi connectivity index (χ0n) is 9.64. The van der Waals surface area contributed by atoms with Gasteiger partial charge in [-0.3, -0.25) is 9.13 Å². The minimum atomic E-state index is -0.288. The summed E-state index contributed by atoms with van der Waals surface area (Å²) in [6.07, 6.45) is 5.64. The minimum absolute atomic E-state index is 0.0584. The van der Waals surface area contributed by atoms with Crippen LogP contribution in [0.4, 0.5) is 4.39 Å². The smallest absolute Gasteiger partial charge is 0.296 e. The number of halogens is 2. The molecule has 0 N–H and O–H groups in total. The zero-order valence-corrected chi connectivity index (χ0v) is 11.2. The zero-order chi connectivity index (χ0) is 12.7. The van der Waals surface area contributed by atoms with E-state index in [1.165, 1.54) is 6.07 Å². The van der Waals surface area contributed by atoms with E-state index in [1.54, 1.807) is 33.7 Å². The monoisotopic (exact) mass is 310 g/mol. The second-order valence-corrected chi connectivity index (χ2v) is 5.50. The average Bonchev–Trinajstić information content (AvgIpc) is 3.11. The number of benzene rings is 1. The SMILES string of the molecule is O=c1n(Cc2cc(Br)ccc2F)ccn1C1CC1. The molecule has 0 aliphatic heterocycles. The van der Waals surface area contributed by atoms with Crippen LogP contribution >= 0.6 is 15.9 Å². The van der Waals surface area contributed by atoms with E-state index < -0.39 is 0 Å². The molecule has 1 aromatic heterocycles. The lowest BCUT2D eigenvalue weighted by atomic mass is 10.2. The number of rotatable bonds is 3. The second kappa shape index (κ2) is 4.39. The van der Waals surface area contributed by atoms with Crippen LogP contribution in [0.1, 0.15) is 24.4 Å². The summed E-state index contributed by atoms with van der Waals surface area (Å²) in [4.78, 5) is 12.0. The first-order valence-corrected chi connectivity index (χ1v) is 6.65. The van der Waals surface area contributed by atoms with E-state index in [4.69, 9.17) is 0 Å². The van der Waals surface area contributed by atoms with E-state index in [2.05, 4.69) is 15.9 Å². The molecule has 18 heavy (non-hydrogen) atoms. The Morgan fingerprint density at radius 2 is 2.11 bits per heavy atom. The largest absolute Gasteiger partial charge is 0.328 e. The van der Waals surface area contributed by atoms with Gasteiger partial charge in [-0.25, -0.2) is 9.18 Å². The van der Waals surface area contributed by atoms with Crippen LogP contribution in [0.5, 0.6) is 0 Å². The first-order valence-electron chi connectivity index (χ1n) is 5.86. The first kappa shape index (κ1) is 11.7. The third kappa shape index (κ3) is 2.14. The summed E-state index contributed by atoms with van der Waals surface area (Å²) in [7, 11) is 0. The predicted molar refractivity (Wildman–Crippen MR) is 70.2 cm³/mol. The lowest BCUT2D eigenvalue weighted by Crippen LogP contribution is -2.24. The van der Waals surface area contributed by atoms with Crippen LogP contribution in [0, 0.1) is 5.82 Å². The maximum atomic E-state index is 13.6. The fraction of sp³-hybridized carbons (Fsp3) is 0.308. The molecule has 1 aliphatic carbocycles. The van der Waals surface area contributed by atoms with Gasteiger partial charge in [0.2, 0.25) is 0 Å². The molecule has 94 valence electrons. The van der Waals surface area contributed by atoms with Gasteiger partial charge in [-0.15, -0.1) is 0 Å². The summed E-state index contributed by atoms with van der Waals surface area (Å²) < 4.78 is 17.7. The minimum Gasteiger partial charge on any atom is -0.296 e. The molecule has 1 saturated carbocycles. The second-order valence-electron chi connectivity index (χ2n) is 4.58. The van der Waals surface area contributed by atoms with Crippen molar-refractivity contribution in [3.05, 3.63) is 56.9 Å². The Bertz CT molecular complexity index is 643.